The molecule has 19 heavy (non-hydrogen) atoms. The van der Waals surface area contributed by atoms with Crippen LogP contribution >= 0.6 is 0 Å². The van der Waals surface area contributed by atoms with Crippen LogP contribution in [0.25, 0.3) is 0 Å². The van der Waals surface area contributed by atoms with Crippen LogP contribution in [0.4, 0.5) is 4.39 Å². The van der Waals surface area contributed by atoms with Crippen molar-refractivity contribution >= 4 is 5.78 Å². The van der Waals surface area contributed by atoms with Gasteiger partial charge in [0.25, 0.3) is 0 Å². The molecule has 0 aliphatic heterocycles. The van der Waals surface area contributed by atoms with Crippen LogP contribution in [0.3, 0.4) is 0 Å². The maximum absolute atomic E-state index is 13.0. The predicted octanol–water partition coefficient (Wildman–Crippen LogP) is 3.10. The molecule has 0 fully saturated rings. The fourth-order valence-corrected chi connectivity index (χ4v) is 1.64. The molecule has 0 bridgehead atoms. The normalized spacial score (nSPS) is 10.0. The lowest BCUT2D eigenvalue weighted by Crippen LogP contribution is -2.12. The van der Waals surface area contributed by atoms with Crippen molar-refractivity contribution in [2.24, 2.45) is 0 Å². The zero-order valence-electron chi connectivity index (χ0n) is 10.4. The van der Waals surface area contributed by atoms with Crippen molar-refractivity contribution in [2.45, 2.75) is 0 Å². The van der Waals surface area contributed by atoms with Gasteiger partial charge in [0.1, 0.15) is 17.3 Å². The molecule has 3 nitrogen and oxygen atoms in total. The monoisotopic (exact) mass is 260 g/mol. The van der Waals surface area contributed by atoms with E-state index in [9.17, 15) is 9.18 Å². The highest BCUT2D eigenvalue weighted by molar-refractivity contribution is 5.99. The number of carbonyl (C=O) groups excluding carboxylic acids is 1. The first-order valence-electron chi connectivity index (χ1n) is 5.75. The van der Waals surface area contributed by atoms with Crippen molar-refractivity contribution in [3.63, 3.8) is 0 Å². The highest BCUT2D eigenvalue weighted by atomic mass is 19.1. The smallest absolute Gasteiger partial charge is 0.203 e. The second-order valence-electron chi connectivity index (χ2n) is 3.87. The number of para-hydroxylation sites is 1. The summed E-state index contributed by atoms with van der Waals surface area (Å²) in [5.41, 5.74) is 0.305. The molecule has 2 aromatic carbocycles. The molecule has 0 amide bonds. The predicted molar refractivity (Wildman–Crippen MR) is 69.2 cm³/mol. The van der Waals surface area contributed by atoms with E-state index >= 15 is 0 Å². The maximum atomic E-state index is 13.0. The third kappa shape index (κ3) is 3.31. The van der Waals surface area contributed by atoms with Gasteiger partial charge in [-0.15, -0.1) is 0 Å². The first kappa shape index (κ1) is 13.1. The van der Waals surface area contributed by atoms with Gasteiger partial charge in [-0.2, -0.15) is 0 Å². The van der Waals surface area contributed by atoms with Crippen molar-refractivity contribution in [2.75, 3.05) is 13.7 Å². The lowest BCUT2D eigenvalue weighted by molar-refractivity contribution is 0.0918. The fourth-order valence-electron chi connectivity index (χ4n) is 1.64. The minimum absolute atomic E-state index is 0.119. The molecule has 4 heteroatoms. The van der Waals surface area contributed by atoms with Gasteiger partial charge in [-0.3, -0.25) is 4.79 Å². The van der Waals surface area contributed by atoms with Crippen molar-refractivity contribution in [1.29, 1.82) is 0 Å². The Labute approximate surface area is 110 Å². The molecule has 0 atom stereocenters. The van der Waals surface area contributed by atoms with E-state index < -0.39 is 5.82 Å². The number of rotatable bonds is 5. The first-order chi connectivity index (χ1) is 9.20. The van der Waals surface area contributed by atoms with Gasteiger partial charge in [-0.25, -0.2) is 4.39 Å². The van der Waals surface area contributed by atoms with Crippen molar-refractivity contribution in [3.05, 3.63) is 59.9 Å². The molecule has 0 heterocycles. The molecule has 98 valence electrons. The Bertz CT molecular complexity index is 567. The molecule has 0 saturated carbocycles. The topological polar surface area (TPSA) is 35.5 Å². The van der Waals surface area contributed by atoms with E-state index in [4.69, 9.17) is 9.47 Å². The highest BCUT2D eigenvalue weighted by Crippen LogP contribution is 2.20. The molecule has 0 N–H and O–H groups in total. The molecule has 0 radical (unpaired) electrons. The van der Waals surface area contributed by atoms with E-state index in [1.165, 1.54) is 25.3 Å². The van der Waals surface area contributed by atoms with Gasteiger partial charge in [-0.1, -0.05) is 18.2 Å². The average molecular weight is 260 g/mol. The Morgan fingerprint density at radius 3 is 2.58 bits per heavy atom. The molecule has 0 unspecified atom stereocenters. The SMILES string of the molecule is COc1cc(F)ccc1C(=O)COc1ccccc1. The molecule has 2 aromatic rings. The second kappa shape index (κ2) is 6.00. The Hall–Kier alpha value is -2.36. The summed E-state index contributed by atoms with van der Waals surface area (Å²) in [6, 6.07) is 12.8. The van der Waals surface area contributed by atoms with Crippen LogP contribution < -0.4 is 9.47 Å². The molecular formula is C15H13FO3. The van der Waals surface area contributed by atoms with Gasteiger partial charge in [0.2, 0.25) is 5.78 Å². The number of hydrogen-bond donors (Lipinski definition) is 0. The molecule has 0 saturated heterocycles. The summed E-state index contributed by atoms with van der Waals surface area (Å²) in [5.74, 6) is 0.108. The Kier molecular flexibility index (Phi) is 4.13. The van der Waals surface area contributed by atoms with Crippen LogP contribution in [0, 0.1) is 5.82 Å². The third-order valence-electron chi connectivity index (χ3n) is 2.58. The molecule has 2 rings (SSSR count). The van der Waals surface area contributed by atoms with Crippen LogP contribution in [-0.2, 0) is 0 Å². The number of halogens is 1. The summed E-state index contributed by atoms with van der Waals surface area (Å²) in [6.07, 6.45) is 0. The molecule has 0 spiro atoms. The van der Waals surface area contributed by atoms with Gasteiger partial charge in [0.15, 0.2) is 6.61 Å². The molecular weight excluding hydrogens is 247 g/mol. The van der Waals surface area contributed by atoms with Crippen molar-refractivity contribution < 1.29 is 18.7 Å². The van der Waals surface area contributed by atoms with E-state index in [1.54, 1.807) is 12.1 Å². The van der Waals surface area contributed by atoms with Crippen LogP contribution in [0.15, 0.2) is 48.5 Å². The van der Waals surface area contributed by atoms with E-state index in [2.05, 4.69) is 0 Å². The number of benzene rings is 2. The summed E-state index contributed by atoms with van der Waals surface area (Å²) in [6.45, 7) is -0.119. The quantitative estimate of drug-likeness (QED) is 0.775. The van der Waals surface area contributed by atoms with E-state index in [0.29, 0.717) is 11.3 Å². The molecule has 0 aliphatic carbocycles. The van der Waals surface area contributed by atoms with Gasteiger partial charge in [0.05, 0.1) is 12.7 Å². The lowest BCUT2D eigenvalue weighted by Gasteiger charge is -2.09. The first-order valence-corrected chi connectivity index (χ1v) is 5.75. The summed E-state index contributed by atoms with van der Waals surface area (Å²) in [4.78, 5) is 12.0. The standard InChI is InChI=1S/C15H13FO3/c1-18-15-9-11(16)7-8-13(15)14(17)10-19-12-5-3-2-4-6-12/h2-9H,10H2,1H3. The fraction of sp³-hybridized carbons (Fsp3) is 0.133. The molecule has 0 aromatic heterocycles. The van der Waals surface area contributed by atoms with Crippen molar-refractivity contribution in [1.82, 2.24) is 0 Å². The zero-order chi connectivity index (χ0) is 13.7. The van der Waals surface area contributed by atoms with Crippen LogP contribution in [0.2, 0.25) is 0 Å². The van der Waals surface area contributed by atoms with Gasteiger partial charge in [0, 0.05) is 6.07 Å². The van der Waals surface area contributed by atoms with E-state index in [0.717, 1.165) is 0 Å². The van der Waals surface area contributed by atoms with Crippen molar-refractivity contribution in [3.8, 4) is 11.5 Å². The average Bonchev–Trinajstić information content (AvgIpc) is 2.45. The number of Topliss-reactive ketones (excluding diaryl/α,β-unsaturated/α-hetero) is 1. The number of ketones is 1. The highest BCUT2D eigenvalue weighted by Gasteiger charge is 2.13. The third-order valence-corrected chi connectivity index (χ3v) is 2.58. The minimum atomic E-state index is -0.447. The van der Waals surface area contributed by atoms with Crippen LogP contribution in [0.5, 0.6) is 11.5 Å². The Morgan fingerprint density at radius 2 is 1.89 bits per heavy atom. The zero-order valence-corrected chi connectivity index (χ0v) is 10.4. The summed E-state index contributed by atoms with van der Waals surface area (Å²) in [5, 5.41) is 0. The van der Waals surface area contributed by atoms with E-state index in [-0.39, 0.29) is 18.1 Å². The number of methoxy groups -OCH3 is 1. The Balaban J connectivity index is 2.08. The summed E-state index contributed by atoms with van der Waals surface area (Å²) >= 11 is 0. The number of ether oxygens (including phenoxy) is 2. The number of hydrogen-bond acceptors (Lipinski definition) is 3. The van der Waals surface area contributed by atoms with Crippen LogP contribution in [-0.4, -0.2) is 19.5 Å². The molecule has 0 aliphatic rings. The second-order valence-corrected chi connectivity index (χ2v) is 3.87. The van der Waals surface area contributed by atoms with Crippen LogP contribution in [0.1, 0.15) is 10.4 Å². The van der Waals surface area contributed by atoms with E-state index in [1.807, 2.05) is 18.2 Å². The van der Waals surface area contributed by atoms with Gasteiger partial charge < -0.3 is 9.47 Å². The summed E-state index contributed by atoms with van der Waals surface area (Å²) in [7, 11) is 1.39. The van der Waals surface area contributed by atoms with Gasteiger partial charge >= 0.3 is 0 Å². The largest absolute Gasteiger partial charge is 0.496 e. The van der Waals surface area contributed by atoms with Gasteiger partial charge in [-0.05, 0) is 24.3 Å². The maximum Gasteiger partial charge on any atom is 0.203 e. The minimum Gasteiger partial charge on any atom is -0.496 e. The number of carbonyl (C=O) groups is 1. The Morgan fingerprint density at radius 1 is 1.16 bits per heavy atom. The summed E-state index contributed by atoms with van der Waals surface area (Å²) < 4.78 is 23.4. The lowest BCUT2D eigenvalue weighted by atomic mass is 10.1.